The molecule has 1 heterocycles. The highest BCUT2D eigenvalue weighted by molar-refractivity contribution is 14.1. The molecule has 0 saturated carbocycles. The van der Waals surface area contributed by atoms with Crippen LogP contribution in [0, 0.1) is 10.5 Å². The van der Waals surface area contributed by atoms with Gasteiger partial charge in [-0.3, -0.25) is 10.1 Å². The van der Waals surface area contributed by atoms with Crippen LogP contribution in [0.1, 0.15) is 15.9 Å². The number of hydrogen-bond donors (Lipinski definition) is 2. The monoisotopic (exact) mass is 457 g/mol. The summed E-state index contributed by atoms with van der Waals surface area (Å²) in [6.07, 6.45) is 1.71. The molecular weight excluding hydrogens is 441 g/mol. The van der Waals surface area contributed by atoms with Crippen LogP contribution >= 0.6 is 34.8 Å². The van der Waals surface area contributed by atoms with Gasteiger partial charge in [0.05, 0.1) is 14.2 Å². The van der Waals surface area contributed by atoms with Crippen molar-refractivity contribution in [1.82, 2.24) is 10.3 Å². The topological polar surface area (TPSA) is 72.5 Å². The molecule has 2 aromatic rings. The minimum Gasteiger partial charge on any atom is -0.496 e. The Morgan fingerprint density at radius 1 is 1.25 bits per heavy atom. The quantitative estimate of drug-likeness (QED) is 0.543. The molecule has 0 aliphatic heterocycles. The third kappa shape index (κ3) is 4.32. The van der Waals surface area contributed by atoms with E-state index in [9.17, 15) is 4.79 Å². The van der Waals surface area contributed by atoms with Crippen molar-refractivity contribution in [2.75, 3.05) is 19.5 Å². The highest BCUT2D eigenvalue weighted by Crippen LogP contribution is 2.28. The zero-order valence-corrected chi connectivity index (χ0v) is 16.3. The van der Waals surface area contributed by atoms with Gasteiger partial charge in [-0.2, -0.15) is 0 Å². The number of thiocarbonyl (C=S) groups is 1. The Kier molecular flexibility index (Phi) is 6.32. The van der Waals surface area contributed by atoms with Crippen molar-refractivity contribution in [3.8, 4) is 11.5 Å². The number of carbonyl (C=O) groups excluding carboxylic acids is 1. The molecule has 1 aromatic heterocycles. The molecule has 0 bridgehead atoms. The van der Waals surface area contributed by atoms with Gasteiger partial charge in [0.2, 0.25) is 0 Å². The van der Waals surface area contributed by atoms with Gasteiger partial charge in [0, 0.05) is 9.77 Å². The maximum atomic E-state index is 12.5. The minimum atomic E-state index is -0.426. The molecular formula is C16H16IN3O3S. The van der Waals surface area contributed by atoms with Crippen molar-refractivity contribution in [3.05, 3.63) is 45.2 Å². The number of rotatable bonds is 4. The van der Waals surface area contributed by atoms with Gasteiger partial charge < -0.3 is 14.8 Å². The molecule has 1 aromatic carbocycles. The Balaban J connectivity index is 2.16. The molecule has 1 amide bonds. The van der Waals surface area contributed by atoms with E-state index in [1.165, 1.54) is 14.2 Å². The number of aromatic nitrogens is 1. The maximum absolute atomic E-state index is 12.5. The largest absolute Gasteiger partial charge is 0.496 e. The molecule has 24 heavy (non-hydrogen) atoms. The number of hydrogen-bond acceptors (Lipinski definition) is 5. The summed E-state index contributed by atoms with van der Waals surface area (Å²) in [5.41, 5.74) is 1.20. The average molecular weight is 457 g/mol. The SMILES string of the molecule is COc1cccc(OC)c1C(=O)NC(=S)Nc1ncc(I)cc1C. The number of pyridine rings is 1. The van der Waals surface area contributed by atoms with Crippen LogP contribution in [0.5, 0.6) is 11.5 Å². The third-order valence-electron chi connectivity index (χ3n) is 3.16. The van der Waals surface area contributed by atoms with Crippen LogP contribution in [0.25, 0.3) is 0 Å². The van der Waals surface area contributed by atoms with Crippen molar-refractivity contribution >= 4 is 51.6 Å². The lowest BCUT2D eigenvalue weighted by Gasteiger charge is -2.14. The van der Waals surface area contributed by atoms with Crippen LogP contribution < -0.4 is 20.1 Å². The second kappa shape index (κ2) is 8.25. The Bertz CT molecular complexity index is 761. The standard InChI is InChI=1S/C16H16IN3O3S/c1-9-7-10(17)8-18-14(9)19-16(24)20-15(21)13-11(22-2)5-4-6-12(13)23-3/h4-8H,1-3H3,(H2,18,19,20,21,24). The van der Waals surface area contributed by atoms with Gasteiger partial charge in [-0.1, -0.05) is 6.07 Å². The van der Waals surface area contributed by atoms with E-state index in [1.54, 1.807) is 24.4 Å². The molecule has 2 rings (SSSR count). The van der Waals surface area contributed by atoms with E-state index in [-0.39, 0.29) is 10.7 Å². The zero-order valence-electron chi connectivity index (χ0n) is 13.3. The first-order valence-corrected chi connectivity index (χ1v) is 8.40. The molecule has 126 valence electrons. The smallest absolute Gasteiger partial charge is 0.264 e. The van der Waals surface area contributed by atoms with Crippen molar-refractivity contribution < 1.29 is 14.3 Å². The fourth-order valence-corrected chi connectivity index (χ4v) is 2.85. The molecule has 0 atom stereocenters. The number of anilines is 1. The second-order valence-corrected chi connectivity index (χ2v) is 6.42. The summed E-state index contributed by atoms with van der Waals surface area (Å²) in [7, 11) is 2.97. The van der Waals surface area contributed by atoms with Crippen LogP contribution in [0.3, 0.4) is 0 Å². The summed E-state index contributed by atoms with van der Waals surface area (Å²) in [6.45, 7) is 1.91. The van der Waals surface area contributed by atoms with E-state index in [1.807, 2.05) is 13.0 Å². The van der Waals surface area contributed by atoms with Crippen LogP contribution in [-0.2, 0) is 0 Å². The first-order chi connectivity index (χ1) is 11.5. The molecule has 0 fully saturated rings. The summed E-state index contributed by atoms with van der Waals surface area (Å²) in [5.74, 6) is 0.967. The summed E-state index contributed by atoms with van der Waals surface area (Å²) < 4.78 is 11.5. The first kappa shape index (κ1) is 18.4. The molecule has 0 unspecified atom stereocenters. The molecule has 0 aliphatic carbocycles. The fourth-order valence-electron chi connectivity index (χ4n) is 2.05. The highest BCUT2D eigenvalue weighted by atomic mass is 127. The Hall–Kier alpha value is -1.94. The zero-order chi connectivity index (χ0) is 17.7. The summed E-state index contributed by atoms with van der Waals surface area (Å²) in [4.78, 5) is 16.8. The predicted octanol–water partition coefficient (Wildman–Crippen LogP) is 3.14. The summed E-state index contributed by atoms with van der Waals surface area (Å²) in [6, 6.07) is 7.06. The number of ether oxygens (including phenoxy) is 2. The van der Waals surface area contributed by atoms with E-state index in [2.05, 4.69) is 38.2 Å². The van der Waals surface area contributed by atoms with Gasteiger partial charge in [-0.25, -0.2) is 4.98 Å². The van der Waals surface area contributed by atoms with Crippen molar-refractivity contribution in [3.63, 3.8) is 0 Å². The van der Waals surface area contributed by atoms with Crippen molar-refractivity contribution in [2.45, 2.75) is 6.92 Å². The number of nitrogens with one attached hydrogen (secondary N) is 2. The van der Waals surface area contributed by atoms with Gasteiger partial charge in [-0.05, 0) is 65.5 Å². The number of methoxy groups -OCH3 is 2. The predicted molar refractivity (Wildman–Crippen MR) is 105 cm³/mol. The lowest BCUT2D eigenvalue weighted by atomic mass is 10.1. The molecule has 0 radical (unpaired) electrons. The normalized spacial score (nSPS) is 10.0. The lowest BCUT2D eigenvalue weighted by molar-refractivity contribution is 0.0971. The number of nitrogens with zero attached hydrogens (tertiary/aromatic N) is 1. The highest BCUT2D eigenvalue weighted by Gasteiger charge is 2.19. The molecule has 8 heteroatoms. The molecule has 0 aliphatic rings. The van der Waals surface area contributed by atoms with Crippen LogP contribution in [0.2, 0.25) is 0 Å². The van der Waals surface area contributed by atoms with E-state index >= 15 is 0 Å². The average Bonchev–Trinajstić information content (AvgIpc) is 2.56. The number of amides is 1. The Morgan fingerprint density at radius 3 is 2.42 bits per heavy atom. The van der Waals surface area contributed by atoms with E-state index < -0.39 is 5.91 Å². The van der Waals surface area contributed by atoms with Gasteiger partial charge in [0.15, 0.2) is 5.11 Å². The van der Waals surface area contributed by atoms with E-state index in [4.69, 9.17) is 21.7 Å². The number of halogens is 1. The van der Waals surface area contributed by atoms with Gasteiger partial charge in [-0.15, -0.1) is 0 Å². The molecule has 2 N–H and O–H groups in total. The van der Waals surface area contributed by atoms with E-state index in [0.29, 0.717) is 17.3 Å². The van der Waals surface area contributed by atoms with Gasteiger partial charge >= 0.3 is 0 Å². The second-order valence-electron chi connectivity index (χ2n) is 4.76. The number of benzene rings is 1. The van der Waals surface area contributed by atoms with Crippen molar-refractivity contribution in [2.24, 2.45) is 0 Å². The summed E-state index contributed by atoms with van der Waals surface area (Å²) >= 11 is 7.38. The summed E-state index contributed by atoms with van der Waals surface area (Å²) in [5, 5.41) is 5.68. The maximum Gasteiger partial charge on any atom is 0.264 e. The molecule has 6 nitrogen and oxygen atoms in total. The fraction of sp³-hybridized carbons (Fsp3) is 0.188. The molecule has 0 saturated heterocycles. The van der Waals surface area contributed by atoms with Gasteiger partial charge in [0.1, 0.15) is 22.9 Å². The lowest BCUT2D eigenvalue weighted by Crippen LogP contribution is -2.35. The van der Waals surface area contributed by atoms with Crippen molar-refractivity contribution in [1.29, 1.82) is 0 Å². The van der Waals surface area contributed by atoms with Crippen LogP contribution in [0.15, 0.2) is 30.5 Å². The third-order valence-corrected chi connectivity index (χ3v) is 3.95. The number of carbonyl (C=O) groups is 1. The van der Waals surface area contributed by atoms with Gasteiger partial charge in [0.25, 0.3) is 5.91 Å². The van der Waals surface area contributed by atoms with Crippen LogP contribution in [-0.4, -0.2) is 30.2 Å². The Morgan fingerprint density at radius 2 is 1.88 bits per heavy atom. The Labute approximate surface area is 159 Å². The first-order valence-electron chi connectivity index (χ1n) is 6.91. The van der Waals surface area contributed by atoms with E-state index in [0.717, 1.165) is 9.13 Å². The molecule has 0 spiro atoms. The minimum absolute atomic E-state index is 0.143. The van der Waals surface area contributed by atoms with Crippen LogP contribution in [0.4, 0.5) is 5.82 Å². The number of aryl methyl sites for hydroxylation is 1.